The van der Waals surface area contributed by atoms with Crippen LogP contribution in [0.3, 0.4) is 0 Å². The number of H-pyrrole nitrogens is 1. The Labute approximate surface area is 215 Å². The predicted octanol–water partition coefficient (Wildman–Crippen LogP) is 5.68. The molecule has 5 N–H and O–H groups in total. The van der Waals surface area contributed by atoms with E-state index in [1.54, 1.807) is 0 Å². The Hall–Kier alpha value is -2.57. The fraction of sp³-hybridized carbons (Fsp3) is 0.500. The highest BCUT2D eigenvalue weighted by molar-refractivity contribution is 6.26. The van der Waals surface area contributed by atoms with Crippen LogP contribution in [0.2, 0.25) is 0 Å². The van der Waals surface area contributed by atoms with E-state index in [0.717, 1.165) is 35.3 Å². The summed E-state index contributed by atoms with van der Waals surface area (Å²) in [4.78, 5) is 22.5. The average Bonchev–Trinajstić information content (AvgIpc) is 3.22. The Bertz CT molecular complexity index is 1070. The highest BCUT2D eigenvalue weighted by atomic mass is 35.5. The molecule has 0 radical (unpaired) electrons. The van der Waals surface area contributed by atoms with Crippen molar-refractivity contribution in [2.45, 2.75) is 77.6 Å². The first-order chi connectivity index (χ1) is 16.6. The fourth-order valence-corrected chi connectivity index (χ4v) is 4.27. The Morgan fingerprint density at radius 3 is 2.60 bits per heavy atom. The number of carbonyl (C=O) groups is 1. The number of amides is 1. The van der Waals surface area contributed by atoms with Gasteiger partial charge < -0.3 is 21.4 Å². The first-order valence-corrected chi connectivity index (χ1v) is 12.9. The lowest BCUT2D eigenvalue weighted by atomic mass is 9.94. The van der Waals surface area contributed by atoms with Gasteiger partial charge in [-0.2, -0.15) is 0 Å². The molecule has 2 unspecified atom stereocenters. The van der Waals surface area contributed by atoms with Gasteiger partial charge in [0.25, 0.3) is 5.91 Å². The summed E-state index contributed by atoms with van der Waals surface area (Å²) >= 11 is 6.42. The van der Waals surface area contributed by atoms with Crippen molar-refractivity contribution in [2.24, 2.45) is 11.5 Å². The lowest BCUT2D eigenvalue weighted by Crippen LogP contribution is -2.45. The number of aryl methyl sites for hydroxylation is 1. The van der Waals surface area contributed by atoms with E-state index < -0.39 is 0 Å². The topological polar surface area (TPSA) is 101 Å². The van der Waals surface area contributed by atoms with Crippen molar-refractivity contribution in [2.75, 3.05) is 13.1 Å². The van der Waals surface area contributed by atoms with E-state index in [0.29, 0.717) is 43.1 Å². The summed E-state index contributed by atoms with van der Waals surface area (Å²) in [5.41, 5.74) is 17.2. The summed E-state index contributed by atoms with van der Waals surface area (Å²) in [5.74, 6) is 1.53. The third kappa shape index (κ3) is 8.25. The molecular formula is C28H42ClN5O. The number of allylic oxidation sites excluding steroid dienone is 3. The van der Waals surface area contributed by atoms with Gasteiger partial charge in [0.2, 0.25) is 0 Å². The Morgan fingerprint density at radius 1 is 1.31 bits per heavy atom. The largest absolute Gasteiger partial charge is 0.402 e. The Morgan fingerprint density at radius 2 is 2.03 bits per heavy atom. The van der Waals surface area contributed by atoms with Gasteiger partial charge in [-0.1, -0.05) is 57.6 Å². The molecule has 1 heterocycles. The van der Waals surface area contributed by atoms with E-state index >= 15 is 0 Å². The molecule has 2 atom stereocenters. The van der Waals surface area contributed by atoms with Gasteiger partial charge in [-0.3, -0.25) is 4.79 Å². The maximum atomic E-state index is 12.8. The molecule has 1 aliphatic rings. The first-order valence-electron chi connectivity index (χ1n) is 12.5. The molecule has 1 aromatic heterocycles. The van der Waals surface area contributed by atoms with E-state index in [-0.39, 0.29) is 17.3 Å². The molecule has 35 heavy (non-hydrogen) atoms. The molecule has 0 aliphatic heterocycles. The molecule has 3 rings (SSSR count). The van der Waals surface area contributed by atoms with E-state index in [4.69, 9.17) is 23.1 Å². The normalized spacial score (nSPS) is 16.3. The zero-order valence-corrected chi connectivity index (χ0v) is 22.7. The molecule has 7 heteroatoms. The molecule has 0 saturated heterocycles. The molecule has 0 spiro atoms. The van der Waals surface area contributed by atoms with Crippen molar-refractivity contribution in [3.63, 3.8) is 0 Å². The van der Waals surface area contributed by atoms with Crippen LogP contribution in [0.4, 0.5) is 0 Å². The number of nitrogens with two attached hydrogens (primary N) is 2. The van der Waals surface area contributed by atoms with E-state index in [2.05, 4.69) is 62.4 Å². The van der Waals surface area contributed by atoms with E-state index in [9.17, 15) is 4.79 Å². The second kappa shape index (κ2) is 13.5. The standard InChI is InChI=1S/C17H28ClN3O.C11H14N2/c1-4-5-8-21(13(3)11-19)17(22)15-7-6-14(9-12(2)20)10-16(15)18;1-7(2)11-12-9-5-4-8(3)6-10(9)13-11/h6-7,13,16H,2,4-5,8-11,19-20H2,1,3H3;4-7H,1-3H3,(H,12,13). The molecule has 0 bridgehead atoms. The van der Waals surface area contributed by atoms with Crippen LogP contribution in [0, 0.1) is 6.92 Å². The van der Waals surface area contributed by atoms with Crippen molar-refractivity contribution in [3.8, 4) is 0 Å². The number of benzene rings is 1. The van der Waals surface area contributed by atoms with Crippen LogP contribution in [0.5, 0.6) is 0 Å². The Kier molecular flexibility index (Phi) is 11.1. The molecule has 1 aliphatic carbocycles. The number of aromatic nitrogens is 2. The molecule has 1 aromatic carbocycles. The van der Waals surface area contributed by atoms with Crippen LogP contribution in [0.15, 0.2) is 53.8 Å². The summed E-state index contributed by atoms with van der Waals surface area (Å²) in [6.07, 6.45) is 7.02. The number of hydrogen-bond acceptors (Lipinski definition) is 4. The minimum absolute atomic E-state index is 0.00623. The number of carbonyl (C=O) groups excluding carboxylic acids is 1. The monoisotopic (exact) mass is 499 g/mol. The average molecular weight is 500 g/mol. The fourth-order valence-electron chi connectivity index (χ4n) is 3.91. The number of imidazole rings is 1. The molecule has 2 aromatic rings. The van der Waals surface area contributed by atoms with Crippen LogP contribution >= 0.6 is 11.6 Å². The number of halogens is 1. The van der Waals surface area contributed by atoms with Gasteiger partial charge in [0.05, 0.1) is 16.4 Å². The van der Waals surface area contributed by atoms with E-state index in [1.807, 2.05) is 24.0 Å². The van der Waals surface area contributed by atoms with Gasteiger partial charge in [-0.15, -0.1) is 11.6 Å². The number of aromatic amines is 1. The summed E-state index contributed by atoms with van der Waals surface area (Å²) in [5, 5.41) is -0.319. The van der Waals surface area contributed by atoms with Gasteiger partial charge >= 0.3 is 0 Å². The van der Waals surface area contributed by atoms with Gasteiger partial charge in [0.1, 0.15) is 5.82 Å². The van der Waals surface area contributed by atoms with Gasteiger partial charge in [-0.05, 0) is 44.4 Å². The predicted molar refractivity (Wildman–Crippen MR) is 148 cm³/mol. The third-order valence-corrected chi connectivity index (χ3v) is 6.46. The number of fused-ring (bicyclic) bond motifs is 1. The summed E-state index contributed by atoms with van der Waals surface area (Å²) < 4.78 is 0. The second-order valence-corrected chi connectivity index (χ2v) is 10.2. The highest BCUT2D eigenvalue weighted by Crippen LogP contribution is 2.28. The van der Waals surface area contributed by atoms with Crippen molar-refractivity contribution < 1.29 is 4.79 Å². The van der Waals surface area contributed by atoms with E-state index in [1.165, 1.54) is 5.56 Å². The van der Waals surface area contributed by atoms with Crippen molar-refractivity contribution in [1.29, 1.82) is 0 Å². The van der Waals surface area contributed by atoms with Gasteiger partial charge in [0.15, 0.2) is 0 Å². The summed E-state index contributed by atoms with van der Waals surface area (Å²) in [6.45, 7) is 15.3. The quantitative estimate of drug-likeness (QED) is 0.386. The van der Waals surface area contributed by atoms with Crippen LogP contribution in [-0.4, -0.2) is 45.3 Å². The van der Waals surface area contributed by atoms with Gasteiger partial charge in [-0.25, -0.2) is 4.98 Å². The third-order valence-electron chi connectivity index (χ3n) is 6.07. The zero-order valence-electron chi connectivity index (χ0n) is 21.9. The minimum atomic E-state index is -0.319. The number of hydrogen-bond donors (Lipinski definition) is 3. The molecule has 6 nitrogen and oxygen atoms in total. The van der Waals surface area contributed by atoms with Crippen molar-refractivity contribution in [3.05, 3.63) is 65.2 Å². The number of unbranched alkanes of at least 4 members (excludes halogenated alkanes) is 1. The second-order valence-electron chi connectivity index (χ2n) is 9.69. The number of nitrogens with one attached hydrogen (secondary N) is 1. The minimum Gasteiger partial charge on any atom is -0.402 e. The molecular weight excluding hydrogens is 458 g/mol. The zero-order chi connectivity index (χ0) is 26.1. The molecule has 0 fully saturated rings. The lowest BCUT2D eigenvalue weighted by molar-refractivity contribution is -0.129. The molecule has 192 valence electrons. The maximum absolute atomic E-state index is 12.8. The Balaban J connectivity index is 0.000000279. The van der Waals surface area contributed by atoms with Crippen LogP contribution in [-0.2, 0) is 4.79 Å². The highest BCUT2D eigenvalue weighted by Gasteiger charge is 2.28. The van der Waals surface area contributed by atoms with Gasteiger partial charge in [0, 0.05) is 42.7 Å². The molecule has 1 amide bonds. The lowest BCUT2D eigenvalue weighted by Gasteiger charge is -2.31. The number of alkyl halides is 1. The SMILES string of the molecule is C=C(N)CC1=CC=C(C(=O)N(CCCC)C(C)CN)C(Cl)C1.Cc1ccc2nc(C(C)C)[nH]c2c1. The van der Waals surface area contributed by atoms with Crippen molar-refractivity contribution >= 4 is 28.5 Å². The maximum Gasteiger partial charge on any atom is 0.251 e. The smallest absolute Gasteiger partial charge is 0.251 e. The number of rotatable bonds is 9. The first kappa shape index (κ1) is 28.7. The molecule has 0 saturated carbocycles. The van der Waals surface area contributed by atoms with Crippen molar-refractivity contribution in [1.82, 2.24) is 14.9 Å². The van der Waals surface area contributed by atoms with Crippen LogP contribution < -0.4 is 11.5 Å². The van der Waals surface area contributed by atoms with Crippen LogP contribution in [0.25, 0.3) is 11.0 Å². The number of nitrogens with zero attached hydrogens (tertiary/aromatic N) is 2. The summed E-state index contributed by atoms with van der Waals surface area (Å²) in [7, 11) is 0. The summed E-state index contributed by atoms with van der Waals surface area (Å²) in [6, 6.07) is 6.30. The van der Waals surface area contributed by atoms with Crippen LogP contribution in [0.1, 0.15) is 70.7 Å².